The van der Waals surface area contributed by atoms with E-state index in [4.69, 9.17) is 16.3 Å². The highest BCUT2D eigenvalue weighted by Crippen LogP contribution is 2.29. The number of nitro groups is 1. The van der Waals surface area contributed by atoms with Crippen LogP contribution >= 0.6 is 34.2 Å². The quantitative estimate of drug-likeness (QED) is 0.288. The van der Waals surface area contributed by atoms with Crippen molar-refractivity contribution in [1.82, 2.24) is 5.43 Å². The van der Waals surface area contributed by atoms with Gasteiger partial charge < -0.3 is 9.84 Å². The van der Waals surface area contributed by atoms with E-state index in [1.54, 1.807) is 12.1 Å². The number of hydrogen-bond acceptors (Lipinski definition) is 6. The molecule has 0 aromatic heterocycles. The Labute approximate surface area is 160 Å². The minimum Gasteiger partial charge on any atom is -0.507 e. The average Bonchev–Trinajstić information content (AvgIpc) is 2.56. The number of phenolic OH excluding ortho intramolecular Hbond substituents is 1. The van der Waals surface area contributed by atoms with Crippen molar-refractivity contribution in [1.29, 1.82) is 0 Å². The van der Waals surface area contributed by atoms with Gasteiger partial charge in [-0.05, 0) is 58.5 Å². The smallest absolute Gasteiger partial charge is 0.312 e. The number of hydrogen-bond donors (Lipinski definition) is 2. The van der Waals surface area contributed by atoms with Gasteiger partial charge in [0, 0.05) is 11.1 Å². The van der Waals surface area contributed by atoms with Crippen LogP contribution in [0.5, 0.6) is 11.5 Å². The fourth-order valence-electron chi connectivity index (χ4n) is 1.71. The van der Waals surface area contributed by atoms with Gasteiger partial charge in [0.05, 0.1) is 14.7 Å². The number of nitrogens with zero attached hydrogens (tertiary/aromatic N) is 2. The molecular weight excluding hydrogens is 465 g/mol. The molecule has 0 spiro atoms. The molecule has 0 heterocycles. The molecule has 0 radical (unpaired) electrons. The largest absolute Gasteiger partial charge is 0.507 e. The van der Waals surface area contributed by atoms with Crippen LogP contribution in [0.15, 0.2) is 41.5 Å². The second-order valence-corrected chi connectivity index (χ2v) is 6.26. The van der Waals surface area contributed by atoms with E-state index in [0.29, 0.717) is 9.13 Å². The van der Waals surface area contributed by atoms with E-state index in [2.05, 4.69) is 10.5 Å². The number of ether oxygens (including phenoxy) is 1. The Hall–Kier alpha value is -2.40. The Balaban J connectivity index is 1.92. The summed E-state index contributed by atoms with van der Waals surface area (Å²) in [6, 6.07) is 8.69. The highest BCUT2D eigenvalue weighted by Gasteiger charge is 2.16. The highest BCUT2D eigenvalue weighted by atomic mass is 127. The van der Waals surface area contributed by atoms with E-state index in [9.17, 15) is 20.0 Å². The number of nitro benzene ring substituents is 1. The van der Waals surface area contributed by atoms with Crippen LogP contribution in [0.3, 0.4) is 0 Å². The number of carbonyl (C=O) groups is 1. The predicted octanol–water partition coefficient (Wildman–Crippen LogP) is 3.09. The normalized spacial score (nSPS) is 10.6. The molecule has 8 nitrogen and oxygen atoms in total. The first-order valence-corrected chi connectivity index (χ1v) is 8.19. The molecule has 0 aliphatic rings. The molecular formula is C15H11ClIN3O5. The van der Waals surface area contributed by atoms with Crippen LogP contribution in [0, 0.1) is 13.7 Å². The molecule has 2 aromatic carbocycles. The van der Waals surface area contributed by atoms with Crippen molar-refractivity contribution in [3.05, 3.63) is 60.7 Å². The van der Waals surface area contributed by atoms with Gasteiger partial charge in [-0.3, -0.25) is 14.9 Å². The Kier molecular flexibility index (Phi) is 6.53. The molecule has 0 aliphatic heterocycles. The Morgan fingerprint density at radius 3 is 2.84 bits per heavy atom. The number of benzene rings is 2. The fraction of sp³-hybridized carbons (Fsp3) is 0.0667. The number of carbonyl (C=O) groups excluding carboxylic acids is 1. The van der Waals surface area contributed by atoms with Gasteiger partial charge in [0.25, 0.3) is 5.91 Å². The zero-order valence-corrected chi connectivity index (χ0v) is 15.4. The number of rotatable bonds is 6. The van der Waals surface area contributed by atoms with Gasteiger partial charge in [0.2, 0.25) is 0 Å². The van der Waals surface area contributed by atoms with Crippen LogP contribution in [-0.2, 0) is 4.79 Å². The molecule has 0 saturated heterocycles. The van der Waals surface area contributed by atoms with Crippen LogP contribution < -0.4 is 10.2 Å². The van der Waals surface area contributed by atoms with Gasteiger partial charge in [-0.15, -0.1) is 0 Å². The van der Waals surface area contributed by atoms with E-state index in [1.165, 1.54) is 24.4 Å². The molecule has 0 atom stereocenters. The van der Waals surface area contributed by atoms with Gasteiger partial charge in [-0.25, -0.2) is 5.43 Å². The van der Waals surface area contributed by atoms with Gasteiger partial charge in [-0.2, -0.15) is 5.10 Å². The van der Waals surface area contributed by atoms with E-state index in [0.717, 1.165) is 6.07 Å². The summed E-state index contributed by atoms with van der Waals surface area (Å²) in [4.78, 5) is 22.0. The molecule has 2 N–H and O–H groups in total. The van der Waals surface area contributed by atoms with Gasteiger partial charge in [0.15, 0.2) is 12.4 Å². The highest BCUT2D eigenvalue weighted by molar-refractivity contribution is 14.1. The molecule has 25 heavy (non-hydrogen) atoms. The number of phenols is 1. The summed E-state index contributed by atoms with van der Waals surface area (Å²) in [6.07, 6.45) is 1.39. The monoisotopic (exact) mass is 475 g/mol. The number of aromatic hydroxyl groups is 1. The summed E-state index contributed by atoms with van der Waals surface area (Å²) in [5.41, 5.74) is 2.59. The molecule has 2 aromatic rings. The third-order valence-electron chi connectivity index (χ3n) is 2.85. The lowest BCUT2D eigenvalue weighted by molar-refractivity contribution is -0.385. The zero-order valence-electron chi connectivity index (χ0n) is 12.5. The topological polar surface area (TPSA) is 114 Å². The fourth-order valence-corrected chi connectivity index (χ4v) is 2.42. The first-order valence-electron chi connectivity index (χ1n) is 6.74. The van der Waals surface area contributed by atoms with Crippen molar-refractivity contribution in [3.8, 4) is 11.5 Å². The first-order chi connectivity index (χ1) is 11.9. The summed E-state index contributed by atoms with van der Waals surface area (Å²) < 4.78 is 5.78. The number of amides is 1. The molecule has 130 valence electrons. The predicted molar refractivity (Wildman–Crippen MR) is 100 cm³/mol. The molecule has 10 heteroatoms. The van der Waals surface area contributed by atoms with E-state index < -0.39 is 17.4 Å². The van der Waals surface area contributed by atoms with Crippen molar-refractivity contribution in [2.24, 2.45) is 5.10 Å². The lowest BCUT2D eigenvalue weighted by Gasteiger charge is -2.06. The summed E-state index contributed by atoms with van der Waals surface area (Å²) in [5.74, 6) is -0.504. The third kappa shape index (κ3) is 5.57. The second-order valence-electron chi connectivity index (χ2n) is 4.66. The summed E-state index contributed by atoms with van der Waals surface area (Å²) >= 11 is 7.66. The average molecular weight is 476 g/mol. The lowest BCUT2D eigenvalue weighted by atomic mass is 10.2. The number of nitrogens with one attached hydrogen (secondary N) is 1. The second kappa shape index (κ2) is 8.62. The summed E-state index contributed by atoms with van der Waals surface area (Å²) in [7, 11) is 0. The molecule has 0 aliphatic carbocycles. The molecule has 2 rings (SSSR count). The van der Waals surface area contributed by atoms with Gasteiger partial charge >= 0.3 is 5.69 Å². The summed E-state index contributed by atoms with van der Waals surface area (Å²) in [6.45, 7) is -0.451. The number of hydrazone groups is 1. The minimum atomic E-state index is -0.649. The maximum absolute atomic E-state index is 11.7. The van der Waals surface area contributed by atoms with Crippen LogP contribution in [0.1, 0.15) is 5.56 Å². The molecule has 0 saturated carbocycles. The van der Waals surface area contributed by atoms with Crippen molar-refractivity contribution < 1.29 is 19.6 Å². The molecule has 1 amide bonds. The minimum absolute atomic E-state index is 0.0679. The van der Waals surface area contributed by atoms with E-state index in [-0.39, 0.29) is 22.2 Å². The lowest BCUT2D eigenvalue weighted by Crippen LogP contribution is -2.24. The summed E-state index contributed by atoms with van der Waals surface area (Å²) in [5, 5.41) is 24.3. The maximum atomic E-state index is 11.7. The Morgan fingerprint density at radius 1 is 1.40 bits per heavy atom. The SMILES string of the molecule is O=C(COc1ccc(Cl)cc1[N+](=O)[O-])N/N=C/c1ccc(O)c(I)c1. The molecule has 0 fully saturated rings. The van der Waals surface area contributed by atoms with Crippen molar-refractivity contribution in [2.75, 3.05) is 6.61 Å². The van der Waals surface area contributed by atoms with Crippen LogP contribution in [0.4, 0.5) is 5.69 Å². The van der Waals surface area contributed by atoms with Gasteiger partial charge in [-0.1, -0.05) is 11.6 Å². The maximum Gasteiger partial charge on any atom is 0.312 e. The Bertz CT molecular complexity index is 844. The first kappa shape index (κ1) is 18.9. The van der Waals surface area contributed by atoms with Crippen molar-refractivity contribution in [3.63, 3.8) is 0 Å². The zero-order chi connectivity index (χ0) is 18.4. The van der Waals surface area contributed by atoms with E-state index >= 15 is 0 Å². The molecule has 0 unspecified atom stereocenters. The number of halogens is 2. The van der Waals surface area contributed by atoms with E-state index in [1.807, 2.05) is 22.6 Å². The van der Waals surface area contributed by atoms with Crippen molar-refractivity contribution in [2.45, 2.75) is 0 Å². The Morgan fingerprint density at radius 2 is 2.16 bits per heavy atom. The third-order valence-corrected chi connectivity index (χ3v) is 3.95. The van der Waals surface area contributed by atoms with Crippen LogP contribution in [0.2, 0.25) is 5.02 Å². The van der Waals surface area contributed by atoms with Gasteiger partial charge in [0.1, 0.15) is 5.75 Å². The van der Waals surface area contributed by atoms with Crippen molar-refractivity contribution >= 4 is 52.0 Å². The molecule has 0 bridgehead atoms. The standard InChI is InChI=1S/C15H11ClIN3O5/c16-10-2-4-14(12(6-10)20(23)24)25-8-15(22)19-18-7-9-1-3-13(21)11(17)5-9/h1-7,21H,8H2,(H,19,22)/b18-7+. The van der Waals surface area contributed by atoms with Crippen LogP contribution in [-0.4, -0.2) is 28.8 Å². The van der Waals surface area contributed by atoms with Crippen LogP contribution in [0.25, 0.3) is 0 Å².